The summed E-state index contributed by atoms with van der Waals surface area (Å²) in [6.07, 6.45) is 6.08. The molecule has 0 saturated heterocycles. The molecular weight excluding hydrogens is 240 g/mol. The third-order valence-electron chi connectivity index (χ3n) is 4.91. The van der Waals surface area contributed by atoms with E-state index in [1.807, 2.05) is 13.8 Å². The molecule has 0 spiro atoms. The van der Waals surface area contributed by atoms with E-state index in [0.717, 1.165) is 31.6 Å². The smallest absolute Gasteiger partial charge is 0.240 e. The molecule has 0 unspecified atom stereocenters. The highest BCUT2D eigenvalue weighted by Crippen LogP contribution is 2.33. The van der Waals surface area contributed by atoms with Crippen LogP contribution in [-0.2, 0) is 4.79 Å². The van der Waals surface area contributed by atoms with E-state index in [-0.39, 0.29) is 5.91 Å². The Balaban J connectivity index is 2.46. The second-order valence-electron chi connectivity index (χ2n) is 6.12. The number of hydrogen-bond acceptors (Lipinski definition) is 3. The number of rotatable bonds is 6. The monoisotopic (exact) mass is 270 g/mol. The van der Waals surface area contributed by atoms with Gasteiger partial charge < -0.3 is 16.2 Å². The molecule has 1 aliphatic carbocycles. The standard InChI is InChI=1S/C15H30N2O2/c1-4-12-7-9-14(19,10-8-12)11-17-13(18)15(16,5-2)6-3/h12,19H,4-11,16H2,1-3H3,(H,17,18). The molecule has 1 rings (SSSR count). The summed E-state index contributed by atoms with van der Waals surface area (Å²) in [5.41, 5.74) is 4.52. The van der Waals surface area contributed by atoms with Crippen molar-refractivity contribution in [3.8, 4) is 0 Å². The van der Waals surface area contributed by atoms with Gasteiger partial charge in [-0.1, -0.05) is 27.2 Å². The zero-order valence-electron chi connectivity index (χ0n) is 12.7. The number of nitrogens with one attached hydrogen (secondary N) is 1. The van der Waals surface area contributed by atoms with Crippen molar-refractivity contribution in [3.05, 3.63) is 0 Å². The first-order valence-corrected chi connectivity index (χ1v) is 7.68. The van der Waals surface area contributed by atoms with Crippen molar-refractivity contribution < 1.29 is 9.90 Å². The Morgan fingerprint density at radius 1 is 1.32 bits per heavy atom. The molecule has 1 saturated carbocycles. The maximum Gasteiger partial charge on any atom is 0.240 e. The van der Waals surface area contributed by atoms with Crippen LogP contribution in [0.1, 0.15) is 65.7 Å². The summed E-state index contributed by atoms with van der Waals surface area (Å²) in [7, 11) is 0. The molecule has 19 heavy (non-hydrogen) atoms. The second-order valence-corrected chi connectivity index (χ2v) is 6.12. The minimum Gasteiger partial charge on any atom is -0.388 e. The summed E-state index contributed by atoms with van der Waals surface area (Å²) in [6, 6.07) is 0. The first-order valence-electron chi connectivity index (χ1n) is 7.68. The Bertz CT molecular complexity index is 293. The van der Waals surface area contributed by atoms with Gasteiger partial charge in [0.2, 0.25) is 5.91 Å². The fourth-order valence-electron chi connectivity index (χ4n) is 2.79. The minimum absolute atomic E-state index is 0.136. The van der Waals surface area contributed by atoms with Gasteiger partial charge in [-0.3, -0.25) is 4.79 Å². The average Bonchev–Trinajstić information content (AvgIpc) is 2.44. The lowest BCUT2D eigenvalue weighted by Crippen LogP contribution is -2.56. The maximum atomic E-state index is 12.1. The van der Waals surface area contributed by atoms with Gasteiger partial charge in [0, 0.05) is 6.54 Å². The highest BCUT2D eigenvalue weighted by atomic mass is 16.3. The molecule has 0 radical (unpaired) electrons. The molecular formula is C15H30N2O2. The molecule has 0 heterocycles. The summed E-state index contributed by atoms with van der Waals surface area (Å²) in [4.78, 5) is 12.1. The fourth-order valence-corrected chi connectivity index (χ4v) is 2.79. The fraction of sp³-hybridized carbons (Fsp3) is 0.933. The highest BCUT2D eigenvalue weighted by Gasteiger charge is 2.35. The predicted octanol–water partition coefficient (Wildman–Crippen LogP) is 1.95. The molecule has 0 aliphatic heterocycles. The predicted molar refractivity (Wildman–Crippen MR) is 77.7 cm³/mol. The van der Waals surface area contributed by atoms with Crippen LogP contribution in [0.15, 0.2) is 0 Å². The Kier molecular flexibility index (Phi) is 5.81. The Morgan fingerprint density at radius 3 is 2.26 bits per heavy atom. The molecule has 112 valence electrons. The van der Waals surface area contributed by atoms with Crippen molar-refractivity contribution >= 4 is 5.91 Å². The summed E-state index contributed by atoms with van der Waals surface area (Å²) in [5, 5.41) is 13.3. The van der Waals surface area contributed by atoms with E-state index < -0.39 is 11.1 Å². The van der Waals surface area contributed by atoms with Gasteiger partial charge in [0.1, 0.15) is 0 Å². The first-order chi connectivity index (χ1) is 8.89. The molecule has 4 nitrogen and oxygen atoms in total. The highest BCUT2D eigenvalue weighted by molar-refractivity contribution is 5.85. The number of amides is 1. The zero-order valence-corrected chi connectivity index (χ0v) is 12.7. The SMILES string of the molecule is CCC1CCC(O)(CNC(=O)C(N)(CC)CC)CC1. The number of nitrogens with two attached hydrogens (primary N) is 1. The van der Waals surface area contributed by atoms with Crippen molar-refractivity contribution in [2.45, 2.75) is 76.9 Å². The molecule has 4 N–H and O–H groups in total. The lowest BCUT2D eigenvalue weighted by Gasteiger charge is -2.37. The van der Waals surface area contributed by atoms with E-state index in [1.165, 1.54) is 6.42 Å². The average molecular weight is 270 g/mol. The quantitative estimate of drug-likeness (QED) is 0.690. The van der Waals surface area contributed by atoms with Crippen LogP contribution in [0.3, 0.4) is 0 Å². The van der Waals surface area contributed by atoms with Crippen LogP contribution < -0.4 is 11.1 Å². The third-order valence-corrected chi connectivity index (χ3v) is 4.91. The third kappa shape index (κ3) is 4.18. The molecule has 1 fully saturated rings. The molecule has 1 amide bonds. The lowest BCUT2D eigenvalue weighted by molar-refractivity contribution is -0.128. The summed E-state index contributed by atoms with van der Waals surface area (Å²) >= 11 is 0. The van der Waals surface area contributed by atoms with Crippen molar-refractivity contribution in [3.63, 3.8) is 0 Å². The van der Waals surface area contributed by atoms with E-state index in [2.05, 4.69) is 12.2 Å². The maximum absolute atomic E-state index is 12.1. The van der Waals surface area contributed by atoms with Gasteiger partial charge in [-0.25, -0.2) is 0 Å². The minimum atomic E-state index is -0.795. The van der Waals surface area contributed by atoms with Crippen LogP contribution >= 0.6 is 0 Å². The lowest BCUT2D eigenvalue weighted by atomic mass is 9.77. The number of aliphatic hydroxyl groups is 1. The largest absolute Gasteiger partial charge is 0.388 e. The molecule has 4 heteroatoms. The van der Waals surface area contributed by atoms with E-state index >= 15 is 0 Å². The van der Waals surface area contributed by atoms with Crippen LogP contribution in [0.4, 0.5) is 0 Å². The molecule has 0 aromatic carbocycles. The Morgan fingerprint density at radius 2 is 1.84 bits per heavy atom. The van der Waals surface area contributed by atoms with E-state index in [0.29, 0.717) is 19.4 Å². The molecule has 1 aliphatic rings. The Labute approximate surface area is 117 Å². The van der Waals surface area contributed by atoms with Crippen molar-refractivity contribution in [1.82, 2.24) is 5.32 Å². The summed E-state index contributed by atoms with van der Waals surface area (Å²) in [5.74, 6) is 0.597. The van der Waals surface area contributed by atoms with Crippen LogP contribution in [0, 0.1) is 5.92 Å². The van der Waals surface area contributed by atoms with Gasteiger partial charge in [0.15, 0.2) is 0 Å². The van der Waals surface area contributed by atoms with Gasteiger partial charge in [-0.2, -0.15) is 0 Å². The number of carbonyl (C=O) groups excluding carboxylic acids is 1. The van der Waals surface area contributed by atoms with Crippen molar-refractivity contribution in [2.75, 3.05) is 6.54 Å². The molecule has 0 bridgehead atoms. The summed E-state index contributed by atoms with van der Waals surface area (Å²) < 4.78 is 0. The van der Waals surface area contributed by atoms with Crippen LogP contribution in [0.2, 0.25) is 0 Å². The van der Waals surface area contributed by atoms with E-state index in [4.69, 9.17) is 5.73 Å². The van der Waals surface area contributed by atoms with Gasteiger partial charge in [-0.15, -0.1) is 0 Å². The Hall–Kier alpha value is -0.610. The van der Waals surface area contributed by atoms with E-state index in [9.17, 15) is 9.90 Å². The molecule has 0 aromatic heterocycles. The number of carbonyl (C=O) groups is 1. The first kappa shape index (κ1) is 16.4. The topological polar surface area (TPSA) is 75.3 Å². The van der Waals surface area contributed by atoms with Crippen molar-refractivity contribution in [2.24, 2.45) is 11.7 Å². The van der Waals surface area contributed by atoms with Gasteiger partial charge >= 0.3 is 0 Å². The van der Waals surface area contributed by atoms with Gasteiger partial charge in [0.25, 0.3) is 0 Å². The van der Waals surface area contributed by atoms with Crippen molar-refractivity contribution in [1.29, 1.82) is 0 Å². The second kappa shape index (κ2) is 6.71. The normalized spacial score (nSPS) is 28.2. The number of hydrogen-bond donors (Lipinski definition) is 3. The molecule has 0 aromatic rings. The zero-order chi connectivity index (χ0) is 14.5. The van der Waals surface area contributed by atoms with E-state index in [1.54, 1.807) is 0 Å². The van der Waals surface area contributed by atoms with Gasteiger partial charge in [0.05, 0.1) is 11.1 Å². The van der Waals surface area contributed by atoms with Crippen LogP contribution in [-0.4, -0.2) is 28.7 Å². The van der Waals surface area contributed by atoms with Crippen LogP contribution in [0.25, 0.3) is 0 Å². The van der Waals surface area contributed by atoms with Crippen LogP contribution in [0.5, 0.6) is 0 Å². The van der Waals surface area contributed by atoms with Gasteiger partial charge in [-0.05, 0) is 44.4 Å². The molecule has 0 atom stereocenters. The summed E-state index contributed by atoms with van der Waals surface area (Å²) in [6.45, 7) is 6.37.